The van der Waals surface area contributed by atoms with Crippen LogP contribution < -0.4 is 21.5 Å². The molecular weight excluding hydrogens is 567 g/mol. The normalized spacial score (nSPS) is 14.8. The fourth-order valence-electron chi connectivity index (χ4n) is 4.52. The Balaban J connectivity index is 1.52. The number of carbonyl (C=O) groups is 3. The Morgan fingerprint density at radius 3 is 2.33 bits per heavy atom. The molecule has 0 spiro atoms. The number of hydrogen-bond donors (Lipinski definition) is 2. The van der Waals surface area contributed by atoms with Crippen LogP contribution in [-0.2, 0) is 15.7 Å². The molecule has 4 rings (SSSR count). The van der Waals surface area contributed by atoms with Gasteiger partial charge in [0, 0.05) is 36.7 Å². The highest BCUT2D eigenvalue weighted by Crippen LogP contribution is 2.32. The molecule has 1 aliphatic rings. The van der Waals surface area contributed by atoms with E-state index in [1.54, 1.807) is 45.0 Å². The number of hydrogen-bond acceptors (Lipinski definition) is 6. The number of benzene rings is 2. The van der Waals surface area contributed by atoms with E-state index in [0.717, 1.165) is 12.1 Å². The molecule has 228 valence electrons. The van der Waals surface area contributed by atoms with E-state index in [4.69, 9.17) is 10.5 Å². The van der Waals surface area contributed by atoms with Crippen LogP contribution in [0.25, 0.3) is 5.69 Å². The molecule has 1 fully saturated rings. The van der Waals surface area contributed by atoms with Gasteiger partial charge in [0.15, 0.2) is 0 Å². The number of amides is 3. The lowest BCUT2D eigenvalue weighted by Crippen LogP contribution is -2.53. The molecule has 0 bridgehead atoms. The van der Waals surface area contributed by atoms with Crippen LogP contribution in [0.5, 0.6) is 0 Å². The number of aromatic nitrogens is 1. The van der Waals surface area contributed by atoms with E-state index in [1.165, 1.54) is 45.7 Å². The predicted molar refractivity (Wildman–Crippen MR) is 154 cm³/mol. The minimum absolute atomic E-state index is 0.0823. The second-order valence-electron chi connectivity index (χ2n) is 11.2. The van der Waals surface area contributed by atoms with Crippen LogP contribution in [0.1, 0.15) is 55.2 Å². The molecule has 3 amide bonds. The SMILES string of the molecule is C[C@@H](NC(=O)c1ccc(=O)n(-c2cccc(N3CCN(C(=O)OC(C)(C)C)CC3=O)c2)c1)c1cc(N)cc(C(F)(F)F)c1. The third-order valence-corrected chi connectivity index (χ3v) is 6.62. The quantitative estimate of drug-likeness (QED) is 0.416. The van der Waals surface area contributed by atoms with E-state index >= 15 is 0 Å². The van der Waals surface area contributed by atoms with E-state index < -0.39 is 40.9 Å². The van der Waals surface area contributed by atoms with Crippen molar-refractivity contribution in [2.45, 2.75) is 45.5 Å². The lowest BCUT2D eigenvalue weighted by Gasteiger charge is -2.35. The summed E-state index contributed by atoms with van der Waals surface area (Å²) in [5, 5.41) is 2.64. The summed E-state index contributed by atoms with van der Waals surface area (Å²) in [6.07, 6.45) is -3.87. The Morgan fingerprint density at radius 1 is 0.977 bits per heavy atom. The van der Waals surface area contributed by atoms with Crippen molar-refractivity contribution < 1.29 is 32.3 Å². The summed E-state index contributed by atoms with van der Waals surface area (Å²) in [6, 6.07) is 11.3. The number of ether oxygens (including phenoxy) is 1. The van der Waals surface area contributed by atoms with E-state index in [-0.39, 0.29) is 42.4 Å². The first-order valence-corrected chi connectivity index (χ1v) is 13.4. The monoisotopic (exact) mass is 599 g/mol. The van der Waals surface area contributed by atoms with Gasteiger partial charge in [-0.2, -0.15) is 13.2 Å². The van der Waals surface area contributed by atoms with Crippen LogP contribution in [0.2, 0.25) is 0 Å². The second-order valence-corrected chi connectivity index (χ2v) is 11.2. The summed E-state index contributed by atoms with van der Waals surface area (Å²) in [5.41, 5.74) is 4.59. The molecule has 3 N–H and O–H groups in total. The zero-order valence-corrected chi connectivity index (χ0v) is 24.1. The molecule has 3 aromatic rings. The zero-order chi connectivity index (χ0) is 31.7. The van der Waals surface area contributed by atoms with Gasteiger partial charge in [-0.05, 0) is 75.7 Å². The molecule has 1 aromatic heterocycles. The average Bonchev–Trinajstić information content (AvgIpc) is 2.91. The molecular formula is C30H32F3N5O5. The van der Waals surface area contributed by atoms with Crippen molar-refractivity contribution in [1.82, 2.24) is 14.8 Å². The van der Waals surface area contributed by atoms with Gasteiger partial charge in [0.05, 0.1) is 22.9 Å². The van der Waals surface area contributed by atoms with Crippen LogP contribution in [-0.4, -0.2) is 52.6 Å². The number of nitrogens with two attached hydrogens (primary N) is 1. The number of pyridine rings is 1. The Kier molecular flexibility index (Phi) is 8.56. The van der Waals surface area contributed by atoms with Crippen molar-refractivity contribution in [1.29, 1.82) is 0 Å². The highest BCUT2D eigenvalue weighted by Gasteiger charge is 2.32. The smallest absolute Gasteiger partial charge is 0.416 e. The molecule has 2 heterocycles. The number of piperazine rings is 1. The topological polar surface area (TPSA) is 127 Å². The lowest BCUT2D eigenvalue weighted by molar-refractivity contribution is -0.137. The molecule has 0 saturated carbocycles. The van der Waals surface area contributed by atoms with Crippen LogP contribution in [0, 0.1) is 0 Å². The zero-order valence-electron chi connectivity index (χ0n) is 24.1. The third kappa shape index (κ3) is 7.53. The first kappa shape index (κ1) is 31.1. The van der Waals surface area contributed by atoms with Crippen LogP contribution >= 0.6 is 0 Å². The van der Waals surface area contributed by atoms with Gasteiger partial charge < -0.3 is 20.7 Å². The van der Waals surface area contributed by atoms with E-state index in [9.17, 15) is 32.3 Å². The highest BCUT2D eigenvalue weighted by atomic mass is 19.4. The van der Waals surface area contributed by atoms with Gasteiger partial charge in [-0.15, -0.1) is 0 Å². The number of carbonyl (C=O) groups excluding carboxylic acids is 3. The van der Waals surface area contributed by atoms with E-state index in [0.29, 0.717) is 11.4 Å². The molecule has 10 nitrogen and oxygen atoms in total. The van der Waals surface area contributed by atoms with Crippen LogP contribution in [0.3, 0.4) is 0 Å². The van der Waals surface area contributed by atoms with Crippen molar-refractivity contribution >= 4 is 29.3 Å². The molecule has 13 heteroatoms. The van der Waals surface area contributed by atoms with Crippen LogP contribution in [0.15, 0.2) is 65.6 Å². The first-order valence-electron chi connectivity index (χ1n) is 13.4. The minimum Gasteiger partial charge on any atom is -0.444 e. The maximum absolute atomic E-state index is 13.2. The summed E-state index contributed by atoms with van der Waals surface area (Å²) in [7, 11) is 0. The van der Waals surface area contributed by atoms with Gasteiger partial charge in [0.1, 0.15) is 12.1 Å². The van der Waals surface area contributed by atoms with Crippen molar-refractivity contribution in [2.75, 3.05) is 30.3 Å². The molecule has 1 saturated heterocycles. The van der Waals surface area contributed by atoms with Crippen molar-refractivity contribution in [3.05, 3.63) is 87.8 Å². The maximum atomic E-state index is 13.2. The van der Waals surface area contributed by atoms with Gasteiger partial charge in [-0.25, -0.2) is 4.79 Å². The van der Waals surface area contributed by atoms with Gasteiger partial charge in [0.25, 0.3) is 11.5 Å². The lowest BCUT2D eigenvalue weighted by atomic mass is 10.0. The molecule has 2 aromatic carbocycles. The third-order valence-electron chi connectivity index (χ3n) is 6.62. The highest BCUT2D eigenvalue weighted by molar-refractivity contribution is 5.97. The summed E-state index contributed by atoms with van der Waals surface area (Å²) < 4.78 is 46.3. The molecule has 0 radical (unpaired) electrons. The van der Waals surface area contributed by atoms with Crippen molar-refractivity contribution in [2.24, 2.45) is 0 Å². The Morgan fingerprint density at radius 2 is 1.67 bits per heavy atom. The fraction of sp³-hybridized carbons (Fsp3) is 0.333. The largest absolute Gasteiger partial charge is 0.444 e. The molecule has 0 aliphatic carbocycles. The first-order chi connectivity index (χ1) is 20.0. The molecule has 1 aliphatic heterocycles. The van der Waals surface area contributed by atoms with E-state index in [2.05, 4.69) is 5.32 Å². The number of alkyl halides is 3. The van der Waals surface area contributed by atoms with E-state index in [1.807, 2.05) is 0 Å². The van der Waals surface area contributed by atoms with Gasteiger partial charge >= 0.3 is 12.3 Å². The summed E-state index contributed by atoms with van der Waals surface area (Å²) in [6.45, 7) is 7.01. The summed E-state index contributed by atoms with van der Waals surface area (Å²) in [5.74, 6) is -0.958. The summed E-state index contributed by atoms with van der Waals surface area (Å²) in [4.78, 5) is 54.0. The standard InChI is InChI=1S/C30H32F3N5O5/c1-18(20-12-21(30(31,32)33)14-22(34)13-20)35-27(41)19-8-9-25(39)38(16-19)24-7-5-6-23(15-24)37-11-10-36(17-26(37)40)28(42)43-29(2,3)4/h5-9,12-16,18H,10-11,17,34H2,1-4H3,(H,35,41)/t18-/m1/s1. The Hall–Kier alpha value is -4.81. The number of nitrogens with zero attached hydrogens (tertiary/aromatic N) is 3. The van der Waals surface area contributed by atoms with Gasteiger partial charge in [0.2, 0.25) is 5.91 Å². The maximum Gasteiger partial charge on any atom is 0.416 e. The van der Waals surface area contributed by atoms with Gasteiger partial charge in [-0.1, -0.05) is 6.07 Å². The number of halogens is 3. The minimum atomic E-state index is -4.60. The Labute approximate surface area is 245 Å². The molecule has 0 unspecified atom stereocenters. The van der Waals surface area contributed by atoms with Crippen molar-refractivity contribution in [3.8, 4) is 5.69 Å². The Bertz CT molecular complexity index is 1610. The van der Waals surface area contributed by atoms with Gasteiger partial charge in [-0.3, -0.25) is 23.9 Å². The molecule has 43 heavy (non-hydrogen) atoms. The molecule has 1 atom stereocenters. The number of nitrogen functional groups attached to an aromatic ring is 1. The van der Waals surface area contributed by atoms with Crippen LogP contribution in [0.4, 0.5) is 29.3 Å². The summed E-state index contributed by atoms with van der Waals surface area (Å²) >= 11 is 0. The number of rotatable bonds is 5. The van der Waals surface area contributed by atoms with Crippen molar-refractivity contribution in [3.63, 3.8) is 0 Å². The second kappa shape index (κ2) is 11.8. The predicted octanol–water partition coefficient (Wildman–Crippen LogP) is 4.51. The fourth-order valence-corrected chi connectivity index (χ4v) is 4.52. The average molecular weight is 600 g/mol. The number of anilines is 2. The number of nitrogens with one attached hydrogen (secondary N) is 1.